The van der Waals surface area contributed by atoms with Gasteiger partial charge < -0.3 is 4.90 Å². The monoisotopic (exact) mass is 376 g/mol. The van der Waals surface area contributed by atoms with Crippen molar-refractivity contribution in [2.24, 2.45) is 0 Å². The molecule has 7 nitrogen and oxygen atoms in total. The Morgan fingerprint density at radius 1 is 1.00 bits per heavy atom. The quantitative estimate of drug-likeness (QED) is 0.395. The molecule has 1 aromatic heterocycles. The molecule has 0 aliphatic carbocycles. The third-order valence-electron chi connectivity index (χ3n) is 5.17. The van der Waals surface area contributed by atoms with Gasteiger partial charge in [-0.05, 0) is 43.7 Å². The van der Waals surface area contributed by atoms with E-state index in [1.807, 2.05) is 43.3 Å². The molecular weight excluding hydrogens is 356 g/mol. The van der Waals surface area contributed by atoms with Gasteiger partial charge in [-0.1, -0.05) is 24.3 Å². The Kier molecular flexibility index (Phi) is 4.35. The summed E-state index contributed by atoms with van der Waals surface area (Å²) in [6, 6.07) is 16.0. The molecule has 2 aromatic carbocycles. The number of imidazole rings is 1. The maximum atomic E-state index is 13.2. The molecule has 4 rings (SSSR count). The number of para-hydroxylation sites is 1. The summed E-state index contributed by atoms with van der Waals surface area (Å²) < 4.78 is 3.19. The van der Waals surface area contributed by atoms with E-state index in [1.165, 1.54) is 16.7 Å². The molecule has 0 spiro atoms. The average Bonchev–Trinajstić information content (AvgIpc) is 3.11. The van der Waals surface area contributed by atoms with E-state index in [1.54, 1.807) is 29.1 Å². The number of benzene rings is 2. The lowest BCUT2D eigenvalue weighted by Crippen LogP contribution is -2.53. The third-order valence-corrected chi connectivity index (χ3v) is 5.17. The van der Waals surface area contributed by atoms with E-state index in [0.29, 0.717) is 5.69 Å². The average molecular weight is 376 g/mol. The molecule has 0 radical (unpaired) electrons. The number of non-ortho nitro benzene ring substituents is 1. The van der Waals surface area contributed by atoms with Crippen LogP contribution >= 0.6 is 0 Å². The van der Waals surface area contributed by atoms with Crippen LogP contribution in [0.15, 0.2) is 83.9 Å². The minimum atomic E-state index is -0.650. The standard InChI is InChI=1S/C21H20N4O3/c1-21(13-5-6-14-23(21)18-7-3-2-4-8-18)24-16-15-22(20(24)26)17-9-11-19(12-10-17)25(27)28/h2-5,7-13,15-16H,6,14H2,1H3. The van der Waals surface area contributed by atoms with Crippen molar-refractivity contribution in [3.8, 4) is 5.69 Å². The van der Waals surface area contributed by atoms with Gasteiger partial charge in [0, 0.05) is 36.8 Å². The number of rotatable bonds is 4. The predicted molar refractivity (Wildman–Crippen MR) is 108 cm³/mol. The lowest BCUT2D eigenvalue weighted by molar-refractivity contribution is -0.384. The van der Waals surface area contributed by atoms with Crippen LogP contribution in [0.2, 0.25) is 0 Å². The van der Waals surface area contributed by atoms with Crippen molar-refractivity contribution in [2.45, 2.75) is 19.0 Å². The molecule has 1 aliphatic rings. The molecule has 1 unspecified atom stereocenters. The fourth-order valence-corrected chi connectivity index (χ4v) is 3.69. The first-order valence-electron chi connectivity index (χ1n) is 9.06. The van der Waals surface area contributed by atoms with Crippen molar-refractivity contribution >= 4 is 11.4 Å². The Labute approximate surface area is 161 Å². The fraction of sp³-hybridized carbons (Fsp3) is 0.190. The summed E-state index contributed by atoms with van der Waals surface area (Å²) in [6.07, 6.45) is 8.50. The molecule has 142 valence electrons. The van der Waals surface area contributed by atoms with E-state index < -0.39 is 10.6 Å². The normalized spacial score (nSPS) is 19.0. The van der Waals surface area contributed by atoms with E-state index >= 15 is 0 Å². The molecule has 1 aliphatic heterocycles. The zero-order valence-electron chi connectivity index (χ0n) is 15.4. The lowest BCUT2D eigenvalue weighted by Gasteiger charge is -2.43. The summed E-state index contributed by atoms with van der Waals surface area (Å²) in [5.41, 5.74) is 0.772. The Hall–Kier alpha value is -3.61. The highest BCUT2D eigenvalue weighted by molar-refractivity contribution is 5.50. The van der Waals surface area contributed by atoms with Crippen LogP contribution < -0.4 is 10.6 Å². The molecule has 7 heteroatoms. The SMILES string of the molecule is CC1(n2ccn(-c3ccc([N+](=O)[O-])cc3)c2=O)C=CCCN1c1ccccc1. The van der Waals surface area contributed by atoms with Crippen molar-refractivity contribution in [3.05, 3.63) is 99.7 Å². The molecule has 1 atom stereocenters. The van der Waals surface area contributed by atoms with Gasteiger partial charge in [0.2, 0.25) is 0 Å². The predicted octanol–water partition coefficient (Wildman–Crippen LogP) is 3.69. The second-order valence-electron chi connectivity index (χ2n) is 6.87. The summed E-state index contributed by atoms with van der Waals surface area (Å²) in [6.45, 7) is 2.81. The van der Waals surface area contributed by atoms with Gasteiger partial charge in [-0.15, -0.1) is 0 Å². The van der Waals surface area contributed by atoms with E-state index in [0.717, 1.165) is 18.7 Å². The molecule has 2 heterocycles. The van der Waals surface area contributed by atoms with Crippen molar-refractivity contribution in [1.82, 2.24) is 9.13 Å². The highest BCUT2D eigenvalue weighted by Gasteiger charge is 2.35. The van der Waals surface area contributed by atoms with Gasteiger partial charge in [-0.25, -0.2) is 4.79 Å². The summed E-state index contributed by atoms with van der Waals surface area (Å²) in [5, 5.41) is 10.9. The van der Waals surface area contributed by atoms with Gasteiger partial charge in [0.15, 0.2) is 0 Å². The van der Waals surface area contributed by atoms with Crippen LogP contribution in [0.25, 0.3) is 5.69 Å². The molecule has 0 bridgehead atoms. The van der Waals surface area contributed by atoms with Gasteiger partial charge in [-0.2, -0.15) is 0 Å². The highest BCUT2D eigenvalue weighted by atomic mass is 16.6. The molecular formula is C21H20N4O3. The molecule has 0 amide bonds. The van der Waals surface area contributed by atoms with Crippen LogP contribution in [0.1, 0.15) is 13.3 Å². The maximum Gasteiger partial charge on any atom is 0.334 e. The van der Waals surface area contributed by atoms with Crippen molar-refractivity contribution in [2.75, 3.05) is 11.4 Å². The Bertz CT molecular complexity index is 1080. The first kappa shape index (κ1) is 17.8. The van der Waals surface area contributed by atoms with Crippen molar-refractivity contribution < 1.29 is 4.92 Å². The van der Waals surface area contributed by atoms with Gasteiger partial charge >= 0.3 is 5.69 Å². The van der Waals surface area contributed by atoms with E-state index in [9.17, 15) is 14.9 Å². The largest absolute Gasteiger partial charge is 0.345 e. The van der Waals surface area contributed by atoms with Crippen LogP contribution in [0.3, 0.4) is 0 Å². The minimum absolute atomic E-state index is 0.00587. The molecule has 28 heavy (non-hydrogen) atoms. The highest BCUT2D eigenvalue weighted by Crippen LogP contribution is 2.32. The van der Waals surface area contributed by atoms with Crippen LogP contribution in [0.5, 0.6) is 0 Å². The summed E-state index contributed by atoms with van der Waals surface area (Å²) >= 11 is 0. The number of anilines is 1. The minimum Gasteiger partial charge on any atom is -0.345 e. The zero-order valence-corrected chi connectivity index (χ0v) is 15.4. The molecule has 3 aromatic rings. The van der Waals surface area contributed by atoms with Gasteiger partial charge in [-0.3, -0.25) is 19.2 Å². The number of nitro benzene ring substituents is 1. The second-order valence-corrected chi connectivity index (χ2v) is 6.87. The van der Waals surface area contributed by atoms with Crippen molar-refractivity contribution in [3.63, 3.8) is 0 Å². The fourth-order valence-electron chi connectivity index (χ4n) is 3.69. The van der Waals surface area contributed by atoms with Crippen LogP contribution in [-0.2, 0) is 5.66 Å². The van der Waals surface area contributed by atoms with Gasteiger partial charge in [0.05, 0.1) is 10.6 Å². The Morgan fingerprint density at radius 2 is 1.71 bits per heavy atom. The van der Waals surface area contributed by atoms with Crippen molar-refractivity contribution in [1.29, 1.82) is 0 Å². The number of hydrogen-bond acceptors (Lipinski definition) is 4. The number of nitro groups is 1. The molecule has 0 N–H and O–H groups in total. The summed E-state index contributed by atoms with van der Waals surface area (Å²) in [4.78, 5) is 25.8. The molecule has 0 fully saturated rings. The van der Waals surface area contributed by atoms with Crippen LogP contribution in [-0.4, -0.2) is 20.6 Å². The van der Waals surface area contributed by atoms with Crippen LogP contribution in [0, 0.1) is 10.1 Å². The molecule has 0 saturated carbocycles. The lowest BCUT2D eigenvalue weighted by atomic mass is 10.0. The first-order valence-corrected chi connectivity index (χ1v) is 9.06. The first-order chi connectivity index (χ1) is 13.5. The van der Waals surface area contributed by atoms with E-state index in [-0.39, 0.29) is 11.4 Å². The molecule has 0 saturated heterocycles. The number of hydrogen-bond donors (Lipinski definition) is 0. The zero-order chi connectivity index (χ0) is 19.7. The second kappa shape index (κ2) is 6.84. The Balaban J connectivity index is 1.77. The number of nitrogens with zero attached hydrogens (tertiary/aromatic N) is 4. The van der Waals surface area contributed by atoms with Gasteiger partial charge in [0.1, 0.15) is 5.66 Å². The topological polar surface area (TPSA) is 73.3 Å². The van der Waals surface area contributed by atoms with E-state index in [4.69, 9.17) is 0 Å². The third kappa shape index (κ3) is 2.90. The number of aromatic nitrogens is 2. The van der Waals surface area contributed by atoms with Crippen LogP contribution in [0.4, 0.5) is 11.4 Å². The smallest absolute Gasteiger partial charge is 0.334 e. The Morgan fingerprint density at radius 3 is 2.39 bits per heavy atom. The maximum absolute atomic E-state index is 13.2. The summed E-state index contributed by atoms with van der Waals surface area (Å²) in [7, 11) is 0. The van der Waals surface area contributed by atoms with Gasteiger partial charge in [0.25, 0.3) is 5.69 Å². The summed E-state index contributed by atoms with van der Waals surface area (Å²) in [5.74, 6) is 0. The van der Waals surface area contributed by atoms with E-state index in [2.05, 4.69) is 11.0 Å².